The van der Waals surface area contributed by atoms with Crippen LogP contribution in [0.15, 0.2) is 36.4 Å². The summed E-state index contributed by atoms with van der Waals surface area (Å²) in [6, 6.07) is 12.2. The molecule has 19 heavy (non-hydrogen) atoms. The van der Waals surface area contributed by atoms with E-state index in [0.717, 1.165) is 30.2 Å². The maximum Gasteiger partial charge on any atom is 0.129 e. The number of nitrogens with zero attached hydrogens (tertiary/aromatic N) is 1. The van der Waals surface area contributed by atoms with Crippen molar-refractivity contribution >= 4 is 17.3 Å². The highest BCUT2D eigenvalue weighted by Gasteiger charge is 2.21. The number of hydrogen-bond acceptors (Lipinski definition) is 3. The molecular formula is C15H15ClN2O. The Balaban J connectivity index is 1.88. The number of halogens is 1. The lowest BCUT2D eigenvalue weighted by Crippen LogP contribution is -2.20. The molecule has 0 saturated carbocycles. The number of rotatable bonds is 2. The third kappa shape index (κ3) is 2.51. The van der Waals surface area contributed by atoms with Crippen molar-refractivity contribution in [2.24, 2.45) is 0 Å². The Hall–Kier alpha value is -1.74. The van der Waals surface area contributed by atoms with Crippen molar-refractivity contribution in [3.8, 4) is 5.75 Å². The molecule has 2 heterocycles. The first kappa shape index (κ1) is 12.3. The van der Waals surface area contributed by atoms with Crippen molar-refractivity contribution in [3.63, 3.8) is 0 Å². The molecule has 1 unspecified atom stereocenters. The topological polar surface area (TPSA) is 34.2 Å². The van der Waals surface area contributed by atoms with Gasteiger partial charge in [-0.1, -0.05) is 29.8 Å². The van der Waals surface area contributed by atoms with Crippen LogP contribution in [0.2, 0.25) is 5.15 Å². The summed E-state index contributed by atoms with van der Waals surface area (Å²) in [6.07, 6.45) is 0.944. The largest absolute Gasteiger partial charge is 0.493 e. The Morgan fingerprint density at radius 3 is 2.95 bits per heavy atom. The average molecular weight is 275 g/mol. The summed E-state index contributed by atoms with van der Waals surface area (Å²) in [5.74, 6) is 0.964. The predicted octanol–water partition coefficient (Wildman–Crippen LogP) is 3.98. The minimum atomic E-state index is 0.256. The SMILES string of the molecule is Cc1nc(Cl)ccc1NC1CCOc2ccccc21. The summed E-state index contributed by atoms with van der Waals surface area (Å²) in [7, 11) is 0. The van der Waals surface area contributed by atoms with Gasteiger partial charge in [0.1, 0.15) is 10.9 Å². The van der Waals surface area contributed by atoms with Crippen LogP contribution in [0.3, 0.4) is 0 Å². The van der Waals surface area contributed by atoms with Crippen LogP contribution < -0.4 is 10.1 Å². The lowest BCUT2D eigenvalue weighted by molar-refractivity contribution is 0.274. The lowest BCUT2D eigenvalue weighted by atomic mass is 10.0. The monoisotopic (exact) mass is 274 g/mol. The van der Waals surface area contributed by atoms with E-state index in [1.807, 2.05) is 37.3 Å². The molecule has 3 rings (SSSR count). The first-order valence-electron chi connectivity index (χ1n) is 6.35. The van der Waals surface area contributed by atoms with Gasteiger partial charge < -0.3 is 10.1 Å². The average Bonchev–Trinajstić information content (AvgIpc) is 2.42. The second kappa shape index (κ2) is 5.10. The molecule has 1 N–H and O–H groups in total. The van der Waals surface area contributed by atoms with E-state index in [2.05, 4.69) is 16.4 Å². The van der Waals surface area contributed by atoms with Crippen molar-refractivity contribution < 1.29 is 4.74 Å². The van der Waals surface area contributed by atoms with Crippen LogP contribution in [0.25, 0.3) is 0 Å². The Morgan fingerprint density at radius 1 is 1.26 bits per heavy atom. The Kier molecular flexibility index (Phi) is 3.30. The fourth-order valence-electron chi connectivity index (χ4n) is 2.36. The molecule has 0 aliphatic carbocycles. The van der Waals surface area contributed by atoms with E-state index in [1.165, 1.54) is 5.56 Å². The summed E-state index contributed by atoms with van der Waals surface area (Å²) in [5.41, 5.74) is 3.13. The predicted molar refractivity (Wildman–Crippen MR) is 76.9 cm³/mol. The van der Waals surface area contributed by atoms with Crippen molar-refractivity contribution in [1.82, 2.24) is 4.98 Å². The molecule has 2 aromatic rings. The van der Waals surface area contributed by atoms with E-state index in [-0.39, 0.29) is 6.04 Å². The summed E-state index contributed by atoms with van der Waals surface area (Å²) < 4.78 is 5.66. The highest BCUT2D eigenvalue weighted by Crippen LogP contribution is 2.34. The summed E-state index contributed by atoms with van der Waals surface area (Å²) in [6.45, 7) is 2.69. The van der Waals surface area contributed by atoms with Gasteiger partial charge in [-0.15, -0.1) is 0 Å². The highest BCUT2D eigenvalue weighted by atomic mass is 35.5. The van der Waals surface area contributed by atoms with E-state index in [0.29, 0.717) is 5.15 Å². The molecule has 1 aromatic heterocycles. The number of hydrogen-bond donors (Lipinski definition) is 1. The number of pyridine rings is 1. The van der Waals surface area contributed by atoms with Gasteiger partial charge in [-0.3, -0.25) is 0 Å². The van der Waals surface area contributed by atoms with Gasteiger partial charge in [-0.25, -0.2) is 4.98 Å². The third-order valence-corrected chi connectivity index (χ3v) is 3.55. The Bertz CT molecular complexity index is 600. The van der Waals surface area contributed by atoms with Gasteiger partial charge in [0.15, 0.2) is 0 Å². The number of para-hydroxylation sites is 1. The fourth-order valence-corrected chi connectivity index (χ4v) is 2.55. The van der Waals surface area contributed by atoms with Crippen LogP contribution in [-0.4, -0.2) is 11.6 Å². The molecule has 0 spiro atoms. The number of fused-ring (bicyclic) bond motifs is 1. The molecule has 1 aliphatic heterocycles. The van der Waals surface area contributed by atoms with Gasteiger partial charge in [-0.2, -0.15) is 0 Å². The van der Waals surface area contributed by atoms with E-state index >= 15 is 0 Å². The molecule has 98 valence electrons. The van der Waals surface area contributed by atoms with Crippen molar-refractivity contribution in [1.29, 1.82) is 0 Å². The van der Waals surface area contributed by atoms with Gasteiger partial charge in [0.2, 0.25) is 0 Å². The molecule has 0 saturated heterocycles. The molecule has 1 aliphatic rings. The molecule has 1 atom stereocenters. The number of anilines is 1. The van der Waals surface area contributed by atoms with E-state index in [9.17, 15) is 0 Å². The van der Waals surface area contributed by atoms with E-state index in [1.54, 1.807) is 0 Å². The number of aryl methyl sites for hydroxylation is 1. The Labute approximate surface area is 117 Å². The lowest BCUT2D eigenvalue weighted by Gasteiger charge is -2.27. The second-order valence-electron chi connectivity index (χ2n) is 4.64. The number of nitrogens with one attached hydrogen (secondary N) is 1. The van der Waals surface area contributed by atoms with Crippen LogP contribution in [0.1, 0.15) is 23.7 Å². The molecule has 3 nitrogen and oxygen atoms in total. The van der Waals surface area contributed by atoms with Crippen molar-refractivity contribution in [3.05, 3.63) is 52.8 Å². The molecule has 0 fully saturated rings. The normalized spacial score (nSPS) is 17.5. The summed E-state index contributed by atoms with van der Waals surface area (Å²) in [4.78, 5) is 4.27. The first-order chi connectivity index (χ1) is 9.24. The van der Waals surface area contributed by atoms with Gasteiger partial charge >= 0.3 is 0 Å². The molecule has 0 radical (unpaired) electrons. The van der Waals surface area contributed by atoms with Crippen molar-refractivity contribution in [2.75, 3.05) is 11.9 Å². The minimum absolute atomic E-state index is 0.256. The van der Waals surface area contributed by atoms with Gasteiger partial charge in [0.25, 0.3) is 0 Å². The maximum atomic E-state index is 5.88. The second-order valence-corrected chi connectivity index (χ2v) is 5.03. The van der Waals surface area contributed by atoms with Crippen LogP contribution in [-0.2, 0) is 0 Å². The third-order valence-electron chi connectivity index (χ3n) is 3.34. The first-order valence-corrected chi connectivity index (χ1v) is 6.73. The van der Waals surface area contributed by atoms with Gasteiger partial charge in [0, 0.05) is 12.0 Å². The molecule has 0 amide bonds. The standard InChI is InChI=1S/C15H15ClN2O/c1-10-12(6-7-15(16)17-10)18-13-8-9-19-14-5-3-2-4-11(13)14/h2-7,13,18H,8-9H2,1H3. The molecular weight excluding hydrogens is 260 g/mol. The highest BCUT2D eigenvalue weighted by molar-refractivity contribution is 6.29. The Morgan fingerprint density at radius 2 is 2.11 bits per heavy atom. The zero-order valence-corrected chi connectivity index (χ0v) is 11.4. The van der Waals surface area contributed by atoms with Gasteiger partial charge in [0.05, 0.1) is 24.0 Å². The molecule has 4 heteroatoms. The number of benzene rings is 1. The minimum Gasteiger partial charge on any atom is -0.493 e. The molecule has 1 aromatic carbocycles. The summed E-state index contributed by atoms with van der Waals surface area (Å²) >= 11 is 5.88. The molecule has 0 bridgehead atoms. The number of ether oxygens (including phenoxy) is 1. The quantitative estimate of drug-likeness (QED) is 0.841. The zero-order valence-electron chi connectivity index (χ0n) is 10.7. The van der Waals surface area contributed by atoms with Crippen molar-refractivity contribution in [2.45, 2.75) is 19.4 Å². The summed E-state index contributed by atoms with van der Waals surface area (Å²) in [5, 5.41) is 4.05. The van der Waals surface area contributed by atoms with E-state index < -0.39 is 0 Å². The van der Waals surface area contributed by atoms with Crippen LogP contribution in [0.5, 0.6) is 5.75 Å². The fraction of sp³-hybridized carbons (Fsp3) is 0.267. The van der Waals surface area contributed by atoms with Crippen LogP contribution >= 0.6 is 11.6 Å². The smallest absolute Gasteiger partial charge is 0.129 e. The maximum absolute atomic E-state index is 5.88. The van der Waals surface area contributed by atoms with E-state index in [4.69, 9.17) is 16.3 Å². The zero-order chi connectivity index (χ0) is 13.2. The van der Waals surface area contributed by atoms with Crippen LogP contribution in [0, 0.1) is 6.92 Å². The van der Waals surface area contributed by atoms with Crippen LogP contribution in [0.4, 0.5) is 5.69 Å². The number of aromatic nitrogens is 1. The van der Waals surface area contributed by atoms with Gasteiger partial charge in [-0.05, 0) is 25.1 Å².